The van der Waals surface area contributed by atoms with Crippen LogP contribution in [0.4, 0.5) is 5.69 Å². The number of nitrogens with one attached hydrogen (secondary N) is 1. The molecule has 0 saturated heterocycles. The largest absolute Gasteiger partial charge is 0.387 e. The second-order valence-electron chi connectivity index (χ2n) is 2.91. The molecule has 0 radical (unpaired) electrons. The number of nitrogens with zero attached hydrogens (tertiary/aromatic N) is 1. The molecule has 14 heavy (non-hydrogen) atoms. The number of nitrogens with two attached hydrogens (primary N) is 3. The van der Waals surface area contributed by atoms with E-state index in [1.165, 1.54) is 0 Å². The fourth-order valence-electron chi connectivity index (χ4n) is 1.06. The third-order valence-corrected chi connectivity index (χ3v) is 1.59. The number of amidine groups is 1. The van der Waals surface area contributed by atoms with Crippen molar-refractivity contribution in [3.63, 3.8) is 0 Å². The van der Waals surface area contributed by atoms with Gasteiger partial charge in [0.2, 0.25) is 0 Å². The second kappa shape index (κ2) is 4.27. The molecule has 1 rings (SSSR count). The molecule has 0 heterocycles. The monoisotopic (exact) mass is 191 g/mol. The third kappa shape index (κ3) is 3.14. The minimum absolute atomic E-state index is 0.0318. The summed E-state index contributed by atoms with van der Waals surface area (Å²) in [5.41, 5.74) is 17.3. The van der Waals surface area contributed by atoms with E-state index in [1.807, 2.05) is 12.1 Å². The van der Waals surface area contributed by atoms with Gasteiger partial charge in [0.1, 0.15) is 0 Å². The van der Waals surface area contributed by atoms with Gasteiger partial charge in [0.25, 0.3) is 0 Å². The van der Waals surface area contributed by atoms with Crippen LogP contribution in [0, 0.1) is 5.41 Å². The molecule has 5 nitrogen and oxygen atoms in total. The van der Waals surface area contributed by atoms with Gasteiger partial charge in [-0.1, -0.05) is 12.1 Å². The summed E-state index contributed by atoms with van der Waals surface area (Å²) in [6, 6.07) is 7.22. The quantitative estimate of drug-likeness (QED) is 0.400. The predicted molar refractivity (Wildman–Crippen MR) is 57.5 cm³/mol. The van der Waals surface area contributed by atoms with Crippen molar-refractivity contribution in [3.8, 4) is 0 Å². The number of hydrogen-bond donors (Lipinski definition) is 4. The average molecular weight is 191 g/mol. The first kappa shape index (κ1) is 10.0. The number of aliphatic imine (C=N–C) groups is 1. The van der Waals surface area contributed by atoms with Crippen molar-refractivity contribution in [1.82, 2.24) is 0 Å². The van der Waals surface area contributed by atoms with Gasteiger partial charge in [-0.25, -0.2) is 4.99 Å². The number of benzene rings is 1. The molecule has 0 saturated carbocycles. The highest BCUT2D eigenvalue weighted by Crippen LogP contribution is 2.12. The van der Waals surface area contributed by atoms with Crippen molar-refractivity contribution in [2.75, 3.05) is 0 Å². The first-order valence-corrected chi connectivity index (χ1v) is 4.09. The fraction of sp³-hybridized carbons (Fsp3) is 0.111. The van der Waals surface area contributed by atoms with E-state index in [9.17, 15) is 0 Å². The first-order chi connectivity index (χ1) is 6.58. The van der Waals surface area contributed by atoms with Gasteiger partial charge < -0.3 is 17.2 Å². The minimum atomic E-state index is 0.0318. The standard InChI is InChI=1S/C9H13N5/c10-8(11)5-6-1-3-7(4-2-6)14-9(12)13/h1-4H,5H2,(H3,10,11)(H4,12,13,14). The second-order valence-corrected chi connectivity index (χ2v) is 2.91. The molecule has 0 fully saturated rings. The molecule has 0 aromatic heterocycles. The molecule has 0 atom stereocenters. The van der Waals surface area contributed by atoms with Crippen LogP contribution in [0.15, 0.2) is 29.3 Å². The predicted octanol–water partition coefficient (Wildman–Crippen LogP) is 0.0700. The molecule has 0 aliphatic carbocycles. The van der Waals surface area contributed by atoms with Gasteiger partial charge in [0.05, 0.1) is 11.5 Å². The zero-order valence-corrected chi connectivity index (χ0v) is 7.70. The van der Waals surface area contributed by atoms with Crippen LogP contribution in [0.2, 0.25) is 0 Å². The maximum Gasteiger partial charge on any atom is 0.191 e. The van der Waals surface area contributed by atoms with E-state index in [-0.39, 0.29) is 11.8 Å². The lowest BCUT2D eigenvalue weighted by Crippen LogP contribution is -2.21. The third-order valence-electron chi connectivity index (χ3n) is 1.59. The SMILES string of the molecule is N=C(N)Cc1ccc(N=C(N)N)cc1. The molecule has 0 spiro atoms. The van der Waals surface area contributed by atoms with E-state index >= 15 is 0 Å². The fourth-order valence-corrected chi connectivity index (χ4v) is 1.06. The summed E-state index contributed by atoms with van der Waals surface area (Å²) in [7, 11) is 0. The van der Waals surface area contributed by atoms with Crippen LogP contribution in [-0.4, -0.2) is 11.8 Å². The highest BCUT2D eigenvalue weighted by Gasteiger charge is 1.95. The molecule has 0 amide bonds. The first-order valence-electron chi connectivity index (χ1n) is 4.09. The van der Waals surface area contributed by atoms with Crippen LogP contribution in [0.25, 0.3) is 0 Å². The number of rotatable bonds is 3. The molecule has 1 aromatic rings. The zero-order valence-electron chi connectivity index (χ0n) is 7.70. The van der Waals surface area contributed by atoms with E-state index < -0.39 is 0 Å². The molecule has 0 aliphatic rings. The molecule has 7 N–H and O–H groups in total. The summed E-state index contributed by atoms with van der Waals surface area (Å²) in [6.45, 7) is 0. The maximum atomic E-state index is 7.11. The zero-order chi connectivity index (χ0) is 10.6. The molecule has 5 heteroatoms. The summed E-state index contributed by atoms with van der Waals surface area (Å²) in [5.74, 6) is 0.170. The summed E-state index contributed by atoms with van der Waals surface area (Å²) >= 11 is 0. The maximum absolute atomic E-state index is 7.11. The van der Waals surface area contributed by atoms with Crippen LogP contribution >= 0.6 is 0 Å². The minimum Gasteiger partial charge on any atom is -0.387 e. The van der Waals surface area contributed by atoms with Gasteiger partial charge in [-0.05, 0) is 17.7 Å². The molecule has 0 aliphatic heterocycles. The van der Waals surface area contributed by atoms with Crippen LogP contribution in [0.1, 0.15) is 5.56 Å². The lowest BCUT2D eigenvalue weighted by molar-refractivity contribution is 1.24. The van der Waals surface area contributed by atoms with Gasteiger partial charge in [0.15, 0.2) is 5.96 Å². The van der Waals surface area contributed by atoms with Gasteiger partial charge in [-0.15, -0.1) is 0 Å². The van der Waals surface area contributed by atoms with Crippen molar-refractivity contribution in [2.24, 2.45) is 22.2 Å². The average Bonchev–Trinajstić information content (AvgIpc) is 2.06. The van der Waals surface area contributed by atoms with Crippen LogP contribution in [-0.2, 0) is 6.42 Å². The summed E-state index contributed by atoms with van der Waals surface area (Å²) in [4.78, 5) is 3.87. The van der Waals surface area contributed by atoms with Gasteiger partial charge in [0, 0.05) is 6.42 Å². The van der Waals surface area contributed by atoms with E-state index in [4.69, 9.17) is 22.6 Å². The van der Waals surface area contributed by atoms with Crippen molar-refractivity contribution < 1.29 is 0 Å². The Morgan fingerprint density at radius 1 is 1.14 bits per heavy atom. The highest BCUT2D eigenvalue weighted by atomic mass is 15.0. The molecule has 74 valence electrons. The normalized spacial score (nSPS) is 9.43. The molecule has 0 unspecified atom stereocenters. The van der Waals surface area contributed by atoms with Crippen molar-refractivity contribution in [2.45, 2.75) is 6.42 Å². The van der Waals surface area contributed by atoms with Crippen molar-refractivity contribution >= 4 is 17.5 Å². The Labute approximate surface area is 82.1 Å². The van der Waals surface area contributed by atoms with E-state index in [1.54, 1.807) is 12.1 Å². The van der Waals surface area contributed by atoms with Gasteiger partial charge in [-0.3, -0.25) is 5.41 Å². The Morgan fingerprint density at radius 3 is 2.14 bits per heavy atom. The van der Waals surface area contributed by atoms with E-state index in [2.05, 4.69) is 4.99 Å². The Kier molecular flexibility index (Phi) is 3.06. The molecular formula is C9H13N5. The molecule has 1 aromatic carbocycles. The Morgan fingerprint density at radius 2 is 1.71 bits per heavy atom. The van der Waals surface area contributed by atoms with Crippen LogP contribution in [0.5, 0.6) is 0 Å². The summed E-state index contributed by atoms with van der Waals surface area (Å²) in [6.07, 6.45) is 0.447. The van der Waals surface area contributed by atoms with Crippen LogP contribution < -0.4 is 17.2 Å². The van der Waals surface area contributed by atoms with Crippen LogP contribution in [0.3, 0.4) is 0 Å². The molecule has 0 bridgehead atoms. The van der Waals surface area contributed by atoms with Gasteiger partial charge >= 0.3 is 0 Å². The summed E-state index contributed by atoms with van der Waals surface area (Å²) in [5, 5.41) is 7.11. The van der Waals surface area contributed by atoms with E-state index in [0.29, 0.717) is 12.1 Å². The highest BCUT2D eigenvalue weighted by molar-refractivity contribution is 5.80. The Bertz CT molecular complexity index is 348. The van der Waals surface area contributed by atoms with Gasteiger partial charge in [-0.2, -0.15) is 0 Å². The van der Waals surface area contributed by atoms with Crippen molar-refractivity contribution in [3.05, 3.63) is 29.8 Å². The van der Waals surface area contributed by atoms with Crippen molar-refractivity contribution in [1.29, 1.82) is 5.41 Å². The lowest BCUT2D eigenvalue weighted by atomic mass is 10.1. The Hall–Kier alpha value is -2.04. The smallest absolute Gasteiger partial charge is 0.191 e. The lowest BCUT2D eigenvalue weighted by Gasteiger charge is -1.99. The molecular weight excluding hydrogens is 178 g/mol. The number of guanidine groups is 1. The topological polar surface area (TPSA) is 114 Å². The summed E-state index contributed by atoms with van der Waals surface area (Å²) < 4.78 is 0. The van der Waals surface area contributed by atoms with E-state index in [0.717, 1.165) is 5.56 Å². The Balaban J connectivity index is 2.78. The number of hydrogen-bond acceptors (Lipinski definition) is 2.